The van der Waals surface area contributed by atoms with Gasteiger partial charge >= 0.3 is 0 Å². The van der Waals surface area contributed by atoms with Crippen molar-refractivity contribution in [3.8, 4) is 0 Å². The minimum Gasteiger partial charge on any atom is -0.317 e. The van der Waals surface area contributed by atoms with Crippen LogP contribution in [0, 0.1) is 0 Å². The molecule has 0 atom stereocenters. The van der Waals surface area contributed by atoms with Crippen molar-refractivity contribution in [1.82, 2.24) is 14.9 Å². The highest BCUT2D eigenvalue weighted by atomic mass is 32.2. The van der Waals surface area contributed by atoms with Gasteiger partial charge in [-0.15, -0.1) is 0 Å². The minimum absolute atomic E-state index is 0.222. The summed E-state index contributed by atoms with van der Waals surface area (Å²) < 4.78 is 26.0. The highest BCUT2D eigenvalue weighted by Crippen LogP contribution is 2.07. The molecule has 0 spiro atoms. The van der Waals surface area contributed by atoms with Gasteiger partial charge in [-0.1, -0.05) is 13.3 Å². The van der Waals surface area contributed by atoms with Crippen molar-refractivity contribution >= 4 is 10.0 Å². The number of piperidine rings is 1. The van der Waals surface area contributed by atoms with Crippen molar-refractivity contribution in [2.45, 2.75) is 32.6 Å². The average Bonchev–Trinajstić information content (AvgIpc) is 2.36. The van der Waals surface area contributed by atoms with Crippen LogP contribution in [0.3, 0.4) is 0 Å². The van der Waals surface area contributed by atoms with Gasteiger partial charge in [0.25, 0.3) is 0 Å². The summed E-state index contributed by atoms with van der Waals surface area (Å²) in [5.74, 6) is 0.222. The smallest absolute Gasteiger partial charge is 0.211 e. The molecule has 1 fully saturated rings. The van der Waals surface area contributed by atoms with Gasteiger partial charge in [-0.05, 0) is 45.4 Å². The van der Waals surface area contributed by atoms with Crippen LogP contribution in [0.2, 0.25) is 0 Å². The fraction of sp³-hybridized carbons (Fsp3) is 1.00. The van der Waals surface area contributed by atoms with Gasteiger partial charge in [0.1, 0.15) is 0 Å². The van der Waals surface area contributed by atoms with Crippen LogP contribution in [0.5, 0.6) is 0 Å². The van der Waals surface area contributed by atoms with Gasteiger partial charge in [0, 0.05) is 13.1 Å². The van der Waals surface area contributed by atoms with Crippen LogP contribution in [-0.2, 0) is 10.0 Å². The van der Waals surface area contributed by atoms with Crippen molar-refractivity contribution in [2.24, 2.45) is 0 Å². The van der Waals surface area contributed by atoms with Crippen LogP contribution in [0.1, 0.15) is 32.6 Å². The Hall–Kier alpha value is -0.170. The molecule has 1 saturated heterocycles. The Morgan fingerprint density at radius 1 is 1.11 bits per heavy atom. The maximum atomic E-state index is 11.7. The van der Waals surface area contributed by atoms with E-state index < -0.39 is 10.0 Å². The number of likely N-dealkylation sites (tertiary alicyclic amines) is 1. The molecule has 0 saturated carbocycles. The molecule has 18 heavy (non-hydrogen) atoms. The third-order valence-corrected chi connectivity index (χ3v) is 4.69. The summed E-state index contributed by atoms with van der Waals surface area (Å²) in [6.07, 6.45) is 4.48. The molecule has 0 amide bonds. The fourth-order valence-corrected chi connectivity index (χ4v) is 3.25. The standard InChI is InChI=1S/C12H27N3O2S/c1-2-13-7-6-12-18(16,17)14-8-11-15-9-4-3-5-10-15/h13-14H,2-12H2,1H3. The van der Waals surface area contributed by atoms with Crippen LogP contribution < -0.4 is 10.0 Å². The van der Waals surface area contributed by atoms with Gasteiger partial charge in [0.2, 0.25) is 10.0 Å². The normalized spacial score (nSPS) is 18.1. The number of nitrogens with one attached hydrogen (secondary N) is 2. The van der Waals surface area contributed by atoms with Crippen LogP contribution in [0.25, 0.3) is 0 Å². The maximum absolute atomic E-state index is 11.7. The topological polar surface area (TPSA) is 61.4 Å². The van der Waals surface area contributed by atoms with E-state index in [1.54, 1.807) is 0 Å². The summed E-state index contributed by atoms with van der Waals surface area (Å²) in [4.78, 5) is 2.34. The van der Waals surface area contributed by atoms with Gasteiger partial charge in [0.15, 0.2) is 0 Å². The molecule has 0 aliphatic carbocycles. The lowest BCUT2D eigenvalue weighted by Crippen LogP contribution is -2.38. The largest absolute Gasteiger partial charge is 0.317 e. The molecule has 0 aromatic carbocycles. The highest BCUT2D eigenvalue weighted by Gasteiger charge is 2.12. The van der Waals surface area contributed by atoms with E-state index in [1.807, 2.05) is 6.92 Å². The molecule has 0 bridgehead atoms. The van der Waals surface area contributed by atoms with Crippen LogP contribution in [-0.4, -0.2) is 58.3 Å². The van der Waals surface area contributed by atoms with E-state index in [-0.39, 0.29) is 5.75 Å². The summed E-state index contributed by atoms with van der Waals surface area (Å²) in [6.45, 7) is 7.29. The van der Waals surface area contributed by atoms with Crippen molar-refractivity contribution in [2.75, 3.05) is 45.0 Å². The molecule has 0 aromatic heterocycles. The zero-order chi connectivity index (χ0) is 13.3. The lowest BCUT2D eigenvalue weighted by atomic mass is 10.1. The summed E-state index contributed by atoms with van der Waals surface area (Å²) >= 11 is 0. The van der Waals surface area contributed by atoms with Gasteiger partial charge in [-0.2, -0.15) is 0 Å². The first-order chi connectivity index (χ1) is 8.64. The van der Waals surface area contributed by atoms with Crippen LogP contribution in [0.4, 0.5) is 0 Å². The van der Waals surface area contributed by atoms with E-state index >= 15 is 0 Å². The SMILES string of the molecule is CCNCCCS(=O)(=O)NCCN1CCCCC1. The van der Waals surface area contributed by atoms with E-state index in [0.29, 0.717) is 13.0 Å². The van der Waals surface area contributed by atoms with Crippen LogP contribution >= 0.6 is 0 Å². The summed E-state index contributed by atoms with van der Waals surface area (Å²) in [6, 6.07) is 0. The Morgan fingerprint density at radius 3 is 2.50 bits per heavy atom. The fourth-order valence-electron chi connectivity index (χ4n) is 2.18. The first-order valence-corrected chi connectivity index (χ1v) is 8.69. The molecule has 6 heteroatoms. The average molecular weight is 277 g/mol. The zero-order valence-electron chi connectivity index (χ0n) is 11.5. The van der Waals surface area contributed by atoms with Gasteiger partial charge in [-0.25, -0.2) is 13.1 Å². The Kier molecular flexibility index (Phi) is 7.81. The molecule has 0 radical (unpaired) electrons. The van der Waals surface area contributed by atoms with Crippen molar-refractivity contribution in [1.29, 1.82) is 0 Å². The Labute approximate surface area is 111 Å². The van der Waals surface area contributed by atoms with E-state index in [9.17, 15) is 8.42 Å². The van der Waals surface area contributed by atoms with E-state index in [2.05, 4.69) is 14.9 Å². The Bertz CT molecular complexity index is 300. The molecule has 2 N–H and O–H groups in total. The second kappa shape index (κ2) is 8.85. The second-order valence-corrected chi connectivity index (χ2v) is 6.75. The Morgan fingerprint density at radius 2 is 1.83 bits per heavy atom. The predicted octanol–water partition coefficient (Wildman–Crippen LogP) is 0.391. The minimum atomic E-state index is -3.08. The van der Waals surface area contributed by atoms with Gasteiger partial charge < -0.3 is 10.2 Å². The van der Waals surface area contributed by atoms with E-state index in [0.717, 1.165) is 32.7 Å². The third kappa shape index (κ3) is 7.31. The lowest BCUT2D eigenvalue weighted by Gasteiger charge is -2.26. The molecule has 0 aromatic rings. The molecule has 1 rings (SSSR count). The Balaban J connectivity index is 2.08. The maximum Gasteiger partial charge on any atom is 0.211 e. The summed E-state index contributed by atoms with van der Waals surface area (Å²) in [5, 5.41) is 3.13. The summed E-state index contributed by atoms with van der Waals surface area (Å²) in [7, 11) is -3.08. The second-order valence-electron chi connectivity index (χ2n) is 4.82. The predicted molar refractivity (Wildman–Crippen MR) is 75.2 cm³/mol. The van der Waals surface area contributed by atoms with Crippen molar-refractivity contribution in [3.05, 3.63) is 0 Å². The van der Waals surface area contributed by atoms with Gasteiger partial charge in [-0.3, -0.25) is 0 Å². The third-order valence-electron chi connectivity index (χ3n) is 3.22. The number of rotatable bonds is 9. The summed E-state index contributed by atoms with van der Waals surface area (Å²) in [5.41, 5.74) is 0. The highest BCUT2D eigenvalue weighted by molar-refractivity contribution is 7.89. The molecular weight excluding hydrogens is 250 g/mol. The first-order valence-electron chi connectivity index (χ1n) is 7.04. The van der Waals surface area contributed by atoms with Crippen molar-refractivity contribution < 1.29 is 8.42 Å². The van der Waals surface area contributed by atoms with Gasteiger partial charge in [0.05, 0.1) is 5.75 Å². The molecule has 0 unspecified atom stereocenters. The van der Waals surface area contributed by atoms with E-state index in [4.69, 9.17) is 0 Å². The number of nitrogens with zero attached hydrogens (tertiary/aromatic N) is 1. The first kappa shape index (κ1) is 15.9. The lowest BCUT2D eigenvalue weighted by molar-refractivity contribution is 0.233. The monoisotopic (exact) mass is 277 g/mol. The van der Waals surface area contributed by atoms with Crippen molar-refractivity contribution in [3.63, 3.8) is 0 Å². The molecule has 5 nitrogen and oxygen atoms in total. The molecule has 1 aliphatic rings. The van der Waals surface area contributed by atoms with E-state index in [1.165, 1.54) is 19.3 Å². The number of sulfonamides is 1. The zero-order valence-corrected chi connectivity index (χ0v) is 12.3. The molecule has 108 valence electrons. The quantitative estimate of drug-likeness (QED) is 0.599. The molecule has 1 aliphatic heterocycles. The molecule has 1 heterocycles. The number of hydrogen-bond acceptors (Lipinski definition) is 4. The van der Waals surface area contributed by atoms with Crippen LogP contribution in [0.15, 0.2) is 0 Å². The number of hydrogen-bond donors (Lipinski definition) is 2. The molecular formula is C12H27N3O2S.